The number of ether oxygens (including phenoxy) is 4. The molecule has 94 valence electrons. The van der Waals surface area contributed by atoms with E-state index in [-0.39, 0.29) is 5.60 Å². The first-order valence-corrected chi connectivity index (χ1v) is 5.59. The Bertz CT molecular complexity index is 385. The van der Waals surface area contributed by atoms with Crippen LogP contribution in [0.5, 0.6) is 17.2 Å². The molecule has 0 bridgehead atoms. The summed E-state index contributed by atoms with van der Waals surface area (Å²) >= 11 is 0. The fourth-order valence-corrected chi connectivity index (χ4v) is 2.13. The van der Waals surface area contributed by atoms with Crippen molar-refractivity contribution in [3.05, 3.63) is 17.7 Å². The maximum Gasteiger partial charge on any atom is 0.132 e. The van der Waals surface area contributed by atoms with Gasteiger partial charge >= 0.3 is 0 Å². The quantitative estimate of drug-likeness (QED) is 0.806. The molecule has 17 heavy (non-hydrogen) atoms. The summed E-state index contributed by atoms with van der Waals surface area (Å²) < 4.78 is 21.7. The van der Waals surface area contributed by atoms with Crippen molar-refractivity contribution in [3.63, 3.8) is 0 Å². The van der Waals surface area contributed by atoms with Gasteiger partial charge in [-0.1, -0.05) is 0 Å². The van der Waals surface area contributed by atoms with Crippen molar-refractivity contribution < 1.29 is 18.9 Å². The largest absolute Gasteiger partial charge is 0.496 e. The molecule has 1 heterocycles. The van der Waals surface area contributed by atoms with Crippen molar-refractivity contribution >= 4 is 0 Å². The zero-order chi connectivity index (χ0) is 12.5. The summed E-state index contributed by atoms with van der Waals surface area (Å²) in [5.41, 5.74) is 0.637. The summed E-state index contributed by atoms with van der Waals surface area (Å²) in [6, 6.07) is 3.70. The van der Waals surface area contributed by atoms with Gasteiger partial charge in [0.1, 0.15) is 17.2 Å². The first-order chi connectivity index (χ1) is 8.14. The average molecular weight is 238 g/mol. The molecule has 0 saturated carbocycles. The first kappa shape index (κ1) is 12.0. The van der Waals surface area contributed by atoms with Crippen LogP contribution in [0.25, 0.3) is 0 Å². The summed E-state index contributed by atoms with van der Waals surface area (Å²) in [6.45, 7) is 2.82. The molecule has 1 unspecified atom stereocenters. The minimum Gasteiger partial charge on any atom is -0.496 e. The predicted octanol–water partition coefficient (Wildman–Crippen LogP) is 2.35. The van der Waals surface area contributed by atoms with Crippen LogP contribution in [-0.4, -0.2) is 27.9 Å². The Labute approximate surface area is 101 Å². The lowest BCUT2D eigenvalue weighted by Crippen LogP contribution is -2.38. The Hall–Kier alpha value is -1.42. The molecule has 4 nitrogen and oxygen atoms in total. The molecule has 0 aliphatic carbocycles. The maximum atomic E-state index is 5.66. The van der Waals surface area contributed by atoms with Crippen molar-refractivity contribution in [2.45, 2.75) is 18.9 Å². The van der Waals surface area contributed by atoms with E-state index in [9.17, 15) is 0 Å². The van der Waals surface area contributed by atoms with Gasteiger partial charge in [0.05, 0.1) is 39.1 Å². The van der Waals surface area contributed by atoms with Crippen molar-refractivity contribution in [3.8, 4) is 17.2 Å². The Kier molecular flexibility index (Phi) is 3.15. The number of benzene rings is 1. The van der Waals surface area contributed by atoms with Gasteiger partial charge in [0.25, 0.3) is 0 Å². The second kappa shape index (κ2) is 4.45. The van der Waals surface area contributed by atoms with Crippen molar-refractivity contribution in [1.82, 2.24) is 0 Å². The summed E-state index contributed by atoms with van der Waals surface area (Å²) in [5.74, 6) is 2.19. The highest BCUT2D eigenvalue weighted by atomic mass is 16.5. The number of rotatable bonds is 4. The molecule has 1 aliphatic heterocycles. The molecular weight excluding hydrogens is 220 g/mol. The molecule has 0 N–H and O–H groups in total. The molecule has 0 spiro atoms. The molecule has 1 fully saturated rings. The first-order valence-electron chi connectivity index (χ1n) is 5.59. The Morgan fingerprint density at radius 3 is 1.88 bits per heavy atom. The third kappa shape index (κ3) is 1.93. The van der Waals surface area contributed by atoms with E-state index in [0.29, 0.717) is 5.75 Å². The summed E-state index contributed by atoms with van der Waals surface area (Å²) in [4.78, 5) is 0. The fraction of sp³-hybridized carbons (Fsp3) is 0.538. The molecule has 0 aromatic heterocycles. The monoisotopic (exact) mass is 238 g/mol. The standard InChI is InChI=1S/C13H18O4/c1-13(5-6-17-13)12-10(15-3)7-9(14-2)8-11(12)16-4/h7-8H,5-6H2,1-4H3. The van der Waals surface area contributed by atoms with Crippen molar-refractivity contribution in [2.75, 3.05) is 27.9 Å². The van der Waals surface area contributed by atoms with Crippen LogP contribution < -0.4 is 14.2 Å². The number of hydrogen-bond donors (Lipinski definition) is 0. The van der Waals surface area contributed by atoms with Gasteiger partial charge < -0.3 is 18.9 Å². The lowest BCUT2D eigenvalue weighted by atomic mass is 9.87. The molecule has 0 amide bonds. The Balaban J connectivity index is 2.54. The van der Waals surface area contributed by atoms with E-state index in [1.165, 1.54) is 0 Å². The van der Waals surface area contributed by atoms with Gasteiger partial charge in [0, 0.05) is 18.6 Å². The predicted molar refractivity (Wildman–Crippen MR) is 64.0 cm³/mol. The van der Waals surface area contributed by atoms with Gasteiger partial charge in [-0.2, -0.15) is 0 Å². The van der Waals surface area contributed by atoms with E-state index in [1.54, 1.807) is 21.3 Å². The summed E-state index contributed by atoms with van der Waals surface area (Å²) in [6.07, 6.45) is 0.964. The lowest BCUT2D eigenvalue weighted by molar-refractivity contribution is -0.142. The highest BCUT2D eigenvalue weighted by Crippen LogP contribution is 2.47. The van der Waals surface area contributed by atoms with Crippen molar-refractivity contribution in [2.24, 2.45) is 0 Å². The zero-order valence-corrected chi connectivity index (χ0v) is 10.7. The van der Waals surface area contributed by atoms with E-state index >= 15 is 0 Å². The maximum absolute atomic E-state index is 5.66. The molecule has 2 rings (SSSR count). The number of methoxy groups -OCH3 is 3. The Morgan fingerprint density at radius 2 is 1.59 bits per heavy atom. The second-order valence-electron chi connectivity index (χ2n) is 4.24. The average Bonchev–Trinajstić information content (AvgIpc) is 2.34. The van der Waals surface area contributed by atoms with Crippen molar-refractivity contribution in [1.29, 1.82) is 0 Å². The highest BCUT2D eigenvalue weighted by molar-refractivity contribution is 5.54. The highest BCUT2D eigenvalue weighted by Gasteiger charge is 2.40. The van der Waals surface area contributed by atoms with Crippen LogP contribution in [0.4, 0.5) is 0 Å². The van der Waals surface area contributed by atoms with E-state index in [0.717, 1.165) is 30.1 Å². The van der Waals surface area contributed by atoms with Crippen LogP contribution in [-0.2, 0) is 10.3 Å². The van der Waals surface area contributed by atoms with E-state index < -0.39 is 0 Å². The van der Waals surface area contributed by atoms with Crippen LogP contribution in [0.2, 0.25) is 0 Å². The van der Waals surface area contributed by atoms with Crippen LogP contribution >= 0.6 is 0 Å². The molecule has 1 atom stereocenters. The minimum absolute atomic E-state index is 0.317. The molecule has 1 aromatic rings. The van der Waals surface area contributed by atoms with Gasteiger partial charge in [0.2, 0.25) is 0 Å². The third-order valence-corrected chi connectivity index (χ3v) is 3.24. The molecule has 1 aliphatic rings. The molecule has 4 heteroatoms. The summed E-state index contributed by atoms with van der Waals surface area (Å²) in [5, 5.41) is 0. The minimum atomic E-state index is -0.317. The molecule has 0 radical (unpaired) electrons. The number of hydrogen-bond acceptors (Lipinski definition) is 4. The lowest BCUT2D eigenvalue weighted by Gasteiger charge is -2.40. The van der Waals surface area contributed by atoms with E-state index in [2.05, 4.69) is 0 Å². The van der Waals surface area contributed by atoms with Crippen LogP contribution in [0, 0.1) is 0 Å². The molecule has 1 saturated heterocycles. The summed E-state index contributed by atoms with van der Waals surface area (Å²) in [7, 11) is 4.90. The van der Waals surface area contributed by atoms with Gasteiger partial charge in [-0.25, -0.2) is 0 Å². The normalized spacial score (nSPS) is 22.8. The molecular formula is C13H18O4. The van der Waals surface area contributed by atoms with E-state index in [1.807, 2.05) is 19.1 Å². The SMILES string of the molecule is COc1cc(OC)c(C2(C)CCO2)c(OC)c1. The van der Waals surface area contributed by atoms with Crippen LogP contribution in [0.3, 0.4) is 0 Å². The molecule has 1 aromatic carbocycles. The topological polar surface area (TPSA) is 36.9 Å². The zero-order valence-electron chi connectivity index (χ0n) is 10.7. The third-order valence-electron chi connectivity index (χ3n) is 3.24. The Morgan fingerprint density at radius 1 is 1.06 bits per heavy atom. The second-order valence-corrected chi connectivity index (χ2v) is 4.24. The van der Waals surface area contributed by atoms with Gasteiger partial charge in [0.15, 0.2) is 0 Å². The van der Waals surface area contributed by atoms with E-state index in [4.69, 9.17) is 18.9 Å². The fourth-order valence-electron chi connectivity index (χ4n) is 2.13. The van der Waals surface area contributed by atoms with Crippen LogP contribution in [0.15, 0.2) is 12.1 Å². The van der Waals surface area contributed by atoms with Gasteiger partial charge in [-0.15, -0.1) is 0 Å². The van der Waals surface area contributed by atoms with Gasteiger partial charge in [-0.3, -0.25) is 0 Å². The smallest absolute Gasteiger partial charge is 0.132 e. The van der Waals surface area contributed by atoms with Crippen LogP contribution in [0.1, 0.15) is 18.9 Å². The van der Waals surface area contributed by atoms with Gasteiger partial charge in [-0.05, 0) is 6.92 Å².